The molecule has 0 N–H and O–H groups in total. The number of hydrogen-bond donors (Lipinski definition) is 0. The molecule has 0 unspecified atom stereocenters. The van der Waals surface area contributed by atoms with E-state index in [4.69, 9.17) is 0 Å². The van der Waals surface area contributed by atoms with Gasteiger partial charge in [-0.3, -0.25) is 0 Å². The average Bonchev–Trinajstić information content (AvgIpc) is 3.70. The number of thiophene rings is 1. The molecule has 2 heteroatoms. The van der Waals surface area contributed by atoms with Crippen LogP contribution in [0.15, 0.2) is 224 Å². The fourth-order valence-corrected chi connectivity index (χ4v) is 10.5. The standard InChI is InChI=1S/C58H37NS/c1-3-16-46-40(13-1)35-54(51-21-9-7-18-48(46)51)39-27-31-43(32-28-39)59(44-33-34-58-56(37-44)53-23-11-12-24-57(53)60-58)42-29-25-38(26-30-42)45-15-5-6-20-50(45)55-36-41-14-2-4-17-47(41)49-19-8-10-22-52(49)55/h1-37H. The van der Waals surface area contributed by atoms with Crippen LogP contribution in [0.25, 0.3) is 96.6 Å². The molecule has 12 rings (SSSR count). The van der Waals surface area contributed by atoms with Crippen molar-refractivity contribution in [2.75, 3.05) is 4.90 Å². The van der Waals surface area contributed by atoms with Crippen molar-refractivity contribution in [3.05, 3.63) is 224 Å². The molecule has 0 radical (unpaired) electrons. The highest BCUT2D eigenvalue weighted by Crippen LogP contribution is 2.44. The second-order valence-corrected chi connectivity index (χ2v) is 16.7. The molecule has 1 heterocycles. The van der Waals surface area contributed by atoms with Gasteiger partial charge in [0.05, 0.1) is 0 Å². The minimum atomic E-state index is 1.11. The molecule has 0 aliphatic carbocycles. The van der Waals surface area contributed by atoms with Gasteiger partial charge in [-0.25, -0.2) is 0 Å². The zero-order valence-corrected chi connectivity index (χ0v) is 33.5. The third-order valence-electron chi connectivity index (χ3n) is 12.2. The van der Waals surface area contributed by atoms with Crippen molar-refractivity contribution in [1.29, 1.82) is 0 Å². The van der Waals surface area contributed by atoms with Gasteiger partial charge in [0.15, 0.2) is 0 Å². The molecule has 280 valence electrons. The van der Waals surface area contributed by atoms with Gasteiger partial charge in [0.25, 0.3) is 0 Å². The van der Waals surface area contributed by atoms with Crippen LogP contribution in [0.3, 0.4) is 0 Å². The summed E-state index contributed by atoms with van der Waals surface area (Å²) in [5, 5.41) is 12.7. The minimum Gasteiger partial charge on any atom is -0.310 e. The SMILES string of the molecule is c1ccc(-c2cc3ccccc3c3ccccc23)c(-c2ccc(N(c3ccc(-c4cc5ccccc5c5ccccc45)cc3)c3ccc4sc5ccccc5c4c3)cc2)c1. The first-order valence-electron chi connectivity index (χ1n) is 20.6. The van der Waals surface area contributed by atoms with Crippen LogP contribution in [-0.2, 0) is 0 Å². The maximum absolute atomic E-state index is 2.40. The third kappa shape index (κ3) is 5.68. The highest BCUT2D eigenvalue weighted by molar-refractivity contribution is 7.25. The highest BCUT2D eigenvalue weighted by Gasteiger charge is 2.18. The summed E-state index contributed by atoms with van der Waals surface area (Å²) in [4.78, 5) is 2.40. The Morgan fingerprint density at radius 2 is 0.683 bits per heavy atom. The van der Waals surface area contributed by atoms with Gasteiger partial charge in [0.2, 0.25) is 0 Å². The molecule has 1 nitrogen and oxygen atoms in total. The average molecular weight is 780 g/mol. The van der Waals surface area contributed by atoms with Crippen LogP contribution in [0.4, 0.5) is 17.1 Å². The summed E-state index contributed by atoms with van der Waals surface area (Å²) in [6, 6.07) is 82.5. The predicted octanol–water partition coefficient (Wildman–Crippen LogP) is 17.1. The van der Waals surface area contributed by atoms with Crippen molar-refractivity contribution in [2.45, 2.75) is 0 Å². The smallest absolute Gasteiger partial charge is 0.0468 e. The summed E-state index contributed by atoms with van der Waals surface area (Å²) in [7, 11) is 0. The highest BCUT2D eigenvalue weighted by atomic mass is 32.1. The molecule has 11 aromatic carbocycles. The topological polar surface area (TPSA) is 3.24 Å². The van der Waals surface area contributed by atoms with Gasteiger partial charge in [-0.1, -0.05) is 164 Å². The zero-order valence-electron chi connectivity index (χ0n) is 32.7. The van der Waals surface area contributed by atoms with Crippen LogP contribution in [0, 0.1) is 0 Å². The lowest BCUT2D eigenvalue weighted by Crippen LogP contribution is -2.09. The van der Waals surface area contributed by atoms with E-state index >= 15 is 0 Å². The minimum absolute atomic E-state index is 1.11. The van der Waals surface area contributed by atoms with Gasteiger partial charge in [0.1, 0.15) is 0 Å². The Labute approximate surface area is 352 Å². The Kier molecular flexibility index (Phi) is 8.11. The molecule has 0 atom stereocenters. The summed E-state index contributed by atoms with van der Waals surface area (Å²) in [6.07, 6.45) is 0. The molecule has 60 heavy (non-hydrogen) atoms. The Balaban J connectivity index is 0.988. The molecule has 0 fully saturated rings. The van der Waals surface area contributed by atoms with Crippen LogP contribution in [-0.4, -0.2) is 0 Å². The Morgan fingerprint density at radius 3 is 1.32 bits per heavy atom. The molecular formula is C58H37NS. The first kappa shape index (κ1) is 34.5. The van der Waals surface area contributed by atoms with Crippen molar-refractivity contribution in [2.24, 2.45) is 0 Å². The van der Waals surface area contributed by atoms with E-state index < -0.39 is 0 Å². The predicted molar refractivity (Wildman–Crippen MR) is 260 cm³/mol. The molecule has 1 aromatic heterocycles. The molecular weight excluding hydrogens is 743 g/mol. The maximum Gasteiger partial charge on any atom is 0.0468 e. The van der Waals surface area contributed by atoms with Crippen molar-refractivity contribution >= 4 is 91.7 Å². The van der Waals surface area contributed by atoms with Crippen molar-refractivity contribution in [3.63, 3.8) is 0 Å². The number of fused-ring (bicyclic) bond motifs is 9. The summed E-state index contributed by atoms with van der Waals surface area (Å²) < 4.78 is 2.61. The molecule has 0 saturated heterocycles. The molecule has 0 spiro atoms. The Morgan fingerprint density at radius 1 is 0.250 bits per heavy atom. The Bertz CT molecular complexity index is 3600. The van der Waals surface area contributed by atoms with Crippen LogP contribution >= 0.6 is 11.3 Å². The molecule has 0 bridgehead atoms. The van der Waals surface area contributed by atoms with Crippen LogP contribution < -0.4 is 4.90 Å². The van der Waals surface area contributed by atoms with Crippen LogP contribution in [0.5, 0.6) is 0 Å². The summed E-state index contributed by atoms with van der Waals surface area (Å²) >= 11 is 1.86. The Hall–Kier alpha value is -7.52. The van der Waals surface area contributed by atoms with E-state index in [0.29, 0.717) is 0 Å². The van der Waals surface area contributed by atoms with Gasteiger partial charge >= 0.3 is 0 Å². The number of benzene rings is 11. The zero-order chi connectivity index (χ0) is 39.6. The lowest BCUT2D eigenvalue weighted by Gasteiger charge is -2.26. The number of hydrogen-bond acceptors (Lipinski definition) is 2. The lowest BCUT2D eigenvalue weighted by molar-refractivity contribution is 1.29. The van der Waals surface area contributed by atoms with E-state index in [1.807, 2.05) is 11.3 Å². The van der Waals surface area contributed by atoms with E-state index in [-0.39, 0.29) is 0 Å². The molecule has 0 saturated carbocycles. The number of rotatable bonds is 6. The monoisotopic (exact) mass is 779 g/mol. The second kappa shape index (κ2) is 14.1. The molecule has 12 aromatic rings. The van der Waals surface area contributed by atoms with E-state index in [9.17, 15) is 0 Å². The maximum atomic E-state index is 2.40. The number of nitrogens with zero attached hydrogens (tertiary/aromatic N) is 1. The lowest BCUT2D eigenvalue weighted by atomic mass is 9.89. The van der Waals surface area contributed by atoms with E-state index in [1.165, 1.54) is 96.6 Å². The van der Waals surface area contributed by atoms with Gasteiger partial charge in [-0.2, -0.15) is 0 Å². The van der Waals surface area contributed by atoms with Crippen LogP contribution in [0.1, 0.15) is 0 Å². The second-order valence-electron chi connectivity index (χ2n) is 15.6. The first-order valence-corrected chi connectivity index (χ1v) is 21.4. The largest absolute Gasteiger partial charge is 0.310 e. The van der Waals surface area contributed by atoms with Gasteiger partial charge in [-0.15, -0.1) is 11.3 Å². The van der Waals surface area contributed by atoms with E-state index in [0.717, 1.165) is 17.1 Å². The van der Waals surface area contributed by atoms with Crippen LogP contribution in [0.2, 0.25) is 0 Å². The molecule has 0 aliphatic rings. The van der Waals surface area contributed by atoms with Crippen molar-refractivity contribution < 1.29 is 0 Å². The fraction of sp³-hybridized carbons (Fsp3) is 0. The summed E-state index contributed by atoms with van der Waals surface area (Å²) in [6.45, 7) is 0. The molecule has 0 amide bonds. The summed E-state index contributed by atoms with van der Waals surface area (Å²) in [5.41, 5.74) is 10.7. The van der Waals surface area contributed by atoms with E-state index in [2.05, 4.69) is 229 Å². The van der Waals surface area contributed by atoms with Gasteiger partial charge in [0, 0.05) is 37.2 Å². The van der Waals surface area contributed by atoms with Crippen molar-refractivity contribution in [3.8, 4) is 33.4 Å². The van der Waals surface area contributed by atoms with Gasteiger partial charge < -0.3 is 4.90 Å². The summed E-state index contributed by atoms with van der Waals surface area (Å²) in [5.74, 6) is 0. The van der Waals surface area contributed by atoms with E-state index in [1.54, 1.807) is 0 Å². The third-order valence-corrected chi connectivity index (χ3v) is 13.4. The normalized spacial score (nSPS) is 11.7. The van der Waals surface area contributed by atoms with Crippen molar-refractivity contribution in [1.82, 2.24) is 0 Å². The molecule has 0 aliphatic heterocycles. The van der Waals surface area contributed by atoms with Gasteiger partial charge in [-0.05, 0) is 137 Å². The number of anilines is 3. The quantitative estimate of drug-likeness (QED) is 0.152. The first-order chi connectivity index (χ1) is 29.7. The fourth-order valence-electron chi connectivity index (χ4n) is 9.42.